The fourth-order valence-corrected chi connectivity index (χ4v) is 1.84. The van der Waals surface area contributed by atoms with Crippen LogP contribution in [0, 0.1) is 10.1 Å². The van der Waals surface area contributed by atoms with E-state index < -0.39 is 16.6 Å². The minimum atomic E-state index is -0.589. The highest BCUT2D eigenvalue weighted by molar-refractivity contribution is 5.79. The van der Waals surface area contributed by atoms with Gasteiger partial charge in [-0.15, -0.1) is 0 Å². The van der Waals surface area contributed by atoms with Gasteiger partial charge in [0, 0.05) is 18.3 Å². The monoisotopic (exact) mass is 288 g/mol. The van der Waals surface area contributed by atoms with Gasteiger partial charge in [-0.2, -0.15) is 0 Å². The van der Waals surface area contributed by atoms with Crippen LogP contribution in [0.2, 0.25) is 0 Å². The molecule has 2 rings (SSSR count). The minimum absolute atomic E-state index is 0.00845. The number of rotatable bonds is 2. The normalized spacial score (nSPS) is 11.2. The number of ether oxygens (including phenoxy) is 1. The molecule has 110 valence electrons. The number of hydrogen-bond donors (Lipinski definition) is 0. The van der Waals surface area contributed by atoms with Gasteiger partial charge in [-0.05, 0) is 50.6 Å². The SMILES string of the molecule is CC(C)(C)OC(=O)n1cccc1-c1ccc([N+](=O)[O-])cc1. The van der Waals surface area contributed by atoms with Gasteiger partial charge in [0.15, 0.2) is 0 Å². The fourth-order valence-electron chi connectivity index (χ4n) is 1.84. The first-order valence-electron chi connectivity index (χ1n) is 6.43. The van der Waals surface area contributed by atoms with E-state index >= 15 is 0 Å². The van der Waals surface area contributed by atoms with Crippen molar-refractivity contribution in [1.82, 2.24) is 4.57 Å². The largest absolute Gasteiger partial charge is 0.443 e. The fraction of sp³-hybridized carbons (Fsp3) is 0.267. The lowest BCUT2D eigenvalue weighted by Gasteiger charge is -2.20. The number of carbonyl (C=O) groups excluding carboxylic acids is 1. The van der Waals surface area contributed by atoms with E-state index in [1.807, 2.05) is 0 Å². The van der Waals surface area contributed by atoms with Crippen LogP contribution in [0.25, 0.3) is 11.3 Å². The van der Waals surface area contributed by atoms with Crippen LogP contribution in [-0.2, 0) is 4.74 Å². The summed E-state index contributed by atoms with van der Waals surface area (Å²) in [4.78, 5) is 22.3. The summed E-state index contributed by atoms with van der Waals surface area (Å²) < 4.78 is 6.70. The quantitative estimate of drug-likeness (QED) is 0.621. The molecule has 1 aromatic heterocycles. The molecule has 0 bridgehead atoms. The van der Waals surface area contributed by atoms with E-state index in [1.165, 1.54) is 16.7 Å². The number of aromatic nitrogens is 1. The molecule has 0 aliphatic carbocycles. The maximum Gasteiger partial charge on any atom is 0.418 e. The van der Waals surface area contributed by atoms with E-state index in [4.69, 9.17) is 4.74 Å². The molecule has 0 N–H and O–H groups in total. The number of nitro benzene ring substituents is 1. The van der Waals surface area contributed by atoms with Crippen LogP contribution >= 0.6 is 0 Å². The molecule has 0 spiro atoms. The zero-order chi connectivity index (χ0) is 15.6. The van der Waals surface area contributed by atoms with Crippen LogP contribution in [-0.4, -0.2) is 21.2 Å². The summed E-state index contributed by atoms with van der Waals surface area (Å²) in [7, 11) is 0. The van der Waals surface area contributed by atoms with Gasteiger partial charge >= 0.3 is 6.09 Å². The Kier molecular flexibility index (Phi) is 3.80. The number of non-ortho nitro benzene ring substituents is 1. The number of hydrogen-bond acceptors (Lipinski definition) is 4. The highest BCUT2D eigenvalue weighted by atomic mass is 16.6. The Balaban J connectivity index is 2.32. The van der Waals surface area contributed by atoms with E-state index in [9.17, 15) is 14.9 Å². The number of nitrogens with zero attached hydrogens (tertiary/aromatic N) is 2. The second-order valence-corrected chi connectivity index (χ2v) is 5.55. The molecule has 0 amide bonds. The Bertz CT molecular complexity index is 666. The predicted octanol–water partition coefficient (Wildman–Crippen LogP) is 3.85. The third-order valence-electron chi connectivity index (χ3n) is 2.71. The lowest BCUT2D eigenvalue weighted by Crippen LogP contribution is -2.27. The van der Waals surface area contributed by atoms with Gasteiger partial charge < -0.3 is 4.74 Å². The van der Waals surface area contributed by atoms with Crippen LogP contribution < -0.4 is 0 Å². The van der Waals surface area contributed by atoms with Gasteiger partial charge in [-0.3, -0.25) is 14.7 Å². The first kappa shape index (κ1) is 14.8. The second kappa shape index (κ2) is 5.40. The summed E-state index contributed by atoms with van der Waals surface area (Å²) in [5, 5.41) is 10.7. The van der Waals surface area contributed by atoms with E-state index in [2.05, 4.69) is 0 Å². The molecular formula is C15H16N2O4. The van der Waals surface area contributed by atoms with Crippen molar-refractivity contribution in [3.63, 3.8) is 0 Å². The first-order chi connectivity index (χ1) is 9.78. The molecule has 0 atom stereocenters. The Morgan fingerprint density at radius 1 is 1.19 bits per heavy atom. The average molecular weight is 288 g/mol. The van der Waals surface area contributed by atoms with Gasteiger partial charge in [-0.1, -0.05) is 0 Å². The highest BCUT2D eigenvalue weighted by Gasteiger charge is 2.20. The Morgan fingerprint density at radius 2 is 1.81 bits per heavy atom. The van der Waals surface area contributed by atoms with Gasteiger partial charge in [-0.25, -0.2) is 4.79 Å². The highest BCUT2D eigenvalue weighted by Crippen LogP contribution is 2.24. The van der Waals surface area contributed by atoms with Crippen molar-refractivity contribution in [2.24, 2.45) is 0 Å². The molecule has 0 saturated carbocycles. The summed E-state index contributed by atoms with van der Waals surface area (Å²) in [6, 6.07) is 9.50. The summed E-state index contributed by atoms with van der Waals surface area (Å²) >= 11 is 0. The van der Waals surface area contributed by atoms with Crippen molar-refractivity contribution in [1.29, 1.82) is 0 Å². The molecular weight excluding hydrogens is 272 g/mol. The molecule has 0 saturated heterocycles. The van der Waals surface area contributed by atoms with Crippen LogP contribution in [0.3, 0.4) is 0 Å². The third-order valence-corrected chi connectivity index (χ3v) is 2.71. The lowest BCUT2D eigenvalue weighted by atomic mass is 10.1. The smallest absolute Gasteiger partial charge is 0.418 e. The number of nitro groups is 1. The van der Waals surface area contributed by atoms with Gasteiger partial charge in [0.25, 0.3) is 5.69 Å². The lowest BCUT2D eigenvalue weighted by molar-refractivity contribution is -0.384. The molecule has 6 nitrogen and oxygen atoms in total. The summed E-state index contributed by atoms with van der Waals surface area (Å²) in [5.41, 5.74) is 0.749. The maximum absolute atomic E-state index is 12.1. The van der Waals surface area contributed by atoms with Gasteiger partial charge in [0.2, 0.25) is 0 Å². The summed E-state index contributed by atoms with van der Waals surface area (Å²) in [5.74, 6) is 0. The molecule has 0 aliphatic rings. The summed E-state index contributed by atoms with van der Waals surface area (Å²) in [6.07, 6.45) is 1.12. The van der Waals surface area contributed by atoms with Crippen LogP contribution in [0.4, 0.5) is 10.5 Å². The van der Waals surface area contributed by atoms with Crippen LogP contribution in [0.5, 0.6) is 0 Å². The molecule has 1 heterocycles. The average Bonchev–Trinajstić information content (AvgIpc) is 2.86. The topological polar surface area (TPSA) is 74.4 Å². The van der Waals surface area contributed by atoms with Crippen LogP contribution in [0.1, 0.15) is 20.8 Å². The second-order valence-electron chi connectivity index (χ2n) is 5.55. The molecule has 0 aliphatic heterocycles. The molecule has 0 radical (unpaired) electrons. The van der Waals surface area contributed by atoms with Crippen molar-refractivity contribution in [3.8, 4) is 11.3 Å². The van der Waals surface area contributed by atoms with Crippen molar-refractivity contribution < 1.29 is 14.5 Å². The molecule has 0 unspecified atom stereocenters. The van der Waals surface area contributed by atoms with Crippen molar-refractivity contribution in [2.45, 2.75) is 26.4 Å². The Labute approximate surface area is 122 Å². The van der Waals surface area contributed by atoms with E-state index in [-0.39, 0.29) is 5.69 Å². The zero-order valence-electron chi connectivity index (χ0n) is 12.1. The standard InChI is InChI=1S/C15H16N2O4/c1-15(2,3)21-14(18)16-10-4-5-13(16)11-6-8-12(9-7-11)17(19)20/h4-10H,1-3H3. The van der Waals surface area contributed by atoms with E-state index in [0.717, 1.165) is 0 Å². The maximum atomic E-state index is 12.1. The zero-order valence-corrected chi connectivity index (χ0v) is 12.1. The van der Waals surface area contributed by atoms with Crippen molar-refractivity contribution in [3.05, 3.63) is 52.7 Å². The third kappa shape index (κ3) is 3.47. The van der Waals surface area contributed by atoms with Gasteiger partial charge in [0.05, 0.1) is 10.6 Å². The number of carbonyl (C=O) groups is 1. The Hall–Kier alpha value is -2.63. The molecule has 6 heteroatoms. The molecule has 1 aromatic carbocycles. The van der Waals surface area contributed by atoms with E-state index in [0.29, 0.717) is 11.3 Å². The van der Waals surface area contributed by atoms with Crippen LogP contribution in [0.15, 0.2) is 42.6 Å². The van der Waals surface area contributed by atoms with Crippen molar-refractivity contribution >= 4 is 11.8 Å². The first-order valence-corrected chi connectivity index (χ1v) is 6.43. The Morgan fingerprint density at radius 3 is 2.33 bits per heavy atom. The predicted molar refractivity (Wildman–Crippen MR) is 78.2 cm³/mol. The molecule has 2 aromatic rings. The molecule has 0 fully saturated rings. The number of benzene rings is 1. The summed E-state index contributed by atoms with van der Waals surface area (Å²) in [6.45, 7) is 5.37. The van der Waals surface area contributed by atoms with Gasteiger partial charge in [0.1, 0.15) is 5.60 Å². The van der Waals surface area contributed by atoms with E-state index in [1.54, 1.807) is 51.2 Å². The minimum Gasteiger partial charge on any atom is -0.443 e. The molecule has 21 heavy (non-hydrogen) atoms. The van der Waals surface area contributed by atoms with Crippen molar-refractivity contribution in [2.75, 3.05) is 0 Å².